The molecule has 0 aliphatic carbocycles. The fraction of sp³-hybridized carbons (Fsp3) is 0.194. The molecule has 6 N–H and O–H groups in total. The summed E-state index contributed by atoms with van der Waals surface area (Å²) >= 11 is 1.03. The molecule has 0 bridgehead atoms. The number of rotatable bonds is 12. The van der Waals surface area contributed by atoms with Crippen LogP contribution in [0.4, 0.5) is 10.8 Å². The minimum absolute atomic E-state index is 0.0554. The molecule has 2 amide bonds. The van der Waals surface area contributed by atoms with Gasteiger partial charge in [-0.05, 0) is 37.1 Å². The van der Waals surface area contributed by atoms with Crippen molar-refractivity contribution in [1.82, 2.24) is 10.3 Å². The fourth-order valence-corrected chi connectivity index (χ4v) is 4.98. The van der Waals surface area contributed by atoms with Crippen LogP contribution in [0.5, 0.6) is 5.75 Å². The third-order valence-electron chi connectivity index (χ3n) is 6.07. The molecule has 0 aliphatic rings. The highest BCUT2D eigenvalue weighted by Crippen LogP contribution is 2.28. The Balaban J connectivity index is 1.62. The van der Waals surface area contributed by atoms with Gasteiger partial charge in [-0.15, -0.1) is 0 Å². The Morgan fingerprint density at radius 2 is 1.67 bits per heavy atom. The summed E-state index contributed by atoms with van der Waals surface area (Å²) in [6, 6.07) is 22.8. The molecule has 0 aliphatic heterocycles. The van der Waals surface area contributed by atoms with Crippen LogP contribution in [-0.4, -0.2) is 35.3 Å². The monoisotopic (exact) mass is 600 g/mol. The average molecular weight is 601 g/mol. The Labute approximate surface area is 252 Å². The molecule has 1 unspecified atom stereocenters. The minimum Gasteiger partial charge on any atom is -0.489 e. The molecule has 4 aromatic rings. The fourth-order valence-electron chi connectivity index (χ4n) is 4.13. The molecule has 3 aromatic carbocycles. The van der Waals surface area contributed by atoms with Gasteiger partial charge in [0.15, 0.2) is 5.96 Å². The molecular formula is C31H32N6O5S. The number of guanidine groups is 1. The van der Waals surface area contributed by atoms with Crippen LogP contribution >= 0.6 is 11.3 Å². The van der Waals surface area contributed by atoms with Crippen LogP contribution in [-0.2, 0) is 16.1 Å². The zero-order valence-electron chi connectivity index (χ0n) is 23.7. The van der Waals surface area contributed by atoms with E-state index in [9.17, 15) is 14.4 Å². The number of hydrogen-bond acceptors (Lipinski definition) is 8. The highest BCUT2D eigenvalue weighted by atomic mass is 32.1. The van der Waals surface area contributed by atoms with Crippen LogP contribution in [0.3, 0.4) is 0 Å². The summed E-state index contributed by atoms with van der Waals surface area (Å²) < 4.78 is 11.1. The number of aromatic nitrogens is 1. The first-order valence-corrected chi connectivity index (χ1v) is 14.2. The molecular weight excluding hydrogens is 568 g/mol. The molecule has 222 valence electrons. The number of nitrogens with two attached hydrogens (primary N) is 2. The van der Waals surface area contributed by atoms with Crippen molar-refractivity contribution in [3.63, 3.8) is 0 Å². The molecule has 0 fully saturated rings. The predicted octanol–water partition coefficient (Wildman–Crippen LogP) is 4.61. The summed E-state index contributed by atoms with van der Waals surface area (Å²) in [5, 5.41) is 5.99. The van der Waals surface area contributed by atoms with E-state index in [4.69, 9.17) is 20.9 Å². The number of thiazole rings is 1. The summed E-state index contributed by atoms with van der Waals surface area (Å²) in [5.41, 5.74) is 13.5. The lowest BCUT2D eigenvalue weighted by Gasteiger charge is -2.19. The number of esters is 1. The van der Waals surface area contributed by atoms with Crippen LogP contribution in [0.25, 0.3) is 0 Å². The van der Waals surface area contributed by atoms with Gasteiger partial charge in [0.2, 0.25) is 5.13 Å². The standard InChI is InChI=1S/C31H32N6O5S/c1-3-41-26(38)17-25(21-12-8-5-9-13-21)36-28(39)22-14-23(16-24(15-22)42-18-20-10-6-4-7-11-20)35-29(40)27-19(2)34-31(43-27)37-30(32)33/h4-16,25H,3,17-18H2,1-2H3,(H,35,40)(H,36,39)(H4,32,33,34,37). The lowest BCUT2D eigenvalue weighted by molar-refractivity contribution is -0.143. The Bertz CT molecular complexity index is 1600. The van der Waals surface area contributed by atoms with Gasteiger partial charge >= 0.3 is 5.97 Å². The molecule has 43 heavy (non-hydrogen) atoms. The van der Waals surface area contributed by atoms with Crippen LogP contribution in [0, 0.1) is 6.92 Å². The van der Waals surface area contributed by atoms with E-state index in [-0.39, 0.29) is 36.3 Å². The van der Waals surface area contributed by atoms with Crippen molar-refractivity contribution in [1.29, 1.82) is 0 Å². The maximum absolute atomic E-state index is 13.6. The summed E-state index contributed by atoms with van der Waals surface area (Å²) in [7, 11) is 0. The molecule has 11 nitrogen and oxygen atoms in total. The third kappa shape index (κ3) is 8.88. The summed E-state index contributed by atoms with van der Waals surface area (Å²) in [5.74, 6) is -1.18. The van der Waals surface area contributed by atoms with Crippen molar-refractivity contribution in [2.24, 2.45) is 16.5 Å². The quantitative estimate of drug-likeness (QED) is 0.104. The number of carbonyl (C=O) groups excluding carboxylic acids is 3. The number of amides is 2. The van der Waals surface area contributed by atoms with Gasteiger partial charge in [-0.1, -0.05) is 72.0 Å². The topological polar surface area (TPSA) is 171 Å². The van der Waals surface area contributed by atoms with Crippen LogP contribution < -0.4 is 26.8 Å². The molecule has 12 heteroatoms. The van der Waals surface area contributed by atoms with Crippen molar-refractivity contribution in [2.45, 2.75) is 32.9 Å². The number of carbonyl (C=O) groups is 3. The minimum atomic E-state index is -0.645. The number of benzene rings is 3. The van der Waals surface area contributed by atoms with E-state index >= 15 is 0 Å². The van der Waals surface area contributed by atoms with E-state index in [1.54, 1.807) is 26.0 Å². The van der Waals surface area contributed by atoms with Crippen molar-refractivity contribution in [3.05, 3.63) is 106 Å². The number of nitrogens with zero attached hydrogens (tertiary/aromatic N) is 2. The Hall–Kier alpha value is -5.23. The van der Waals surface area contributed by atoms with E-state index in [0.29, 0.717) is 22.0 Å². The number of aryl methyl sites for hydroxylation is 1. The van der Waals surface area contributed by atoms with E-state index in [1.807, 2.05) is 60.7 Å². The van der Waals surface area contributed by atoms with Gasteiger partial charge in [0, 0.05) is 17.3 Å². The predicted molar refractivity (Wildman–Crippen MR) is 165 cm³/mol. The van der Waals surface area contributed by atoms with Gasteiger partial charge in [0.05, 0.1) is 24.8 Å². The van der Waals surface area contributed by atoms with E-state index in [2.05, 4.69) is 20.6 Å². The van der Waals surface area contributed by atoms with Crippen molar-refractivity contribution in [3.8, 4) is 5.75 Å². The molecule has 0 saturated heterocycles. The smallest absolute Gasteiger partial charge is 0.308 e. The summed E-state index contributed by atoms with van der Waals surface area (Å²) in [6.45, 7) is 3.86. The van der Waals surface area contributed by atoms with Gasteiger partial charge in [-0.2, -0.15) is 4.99 Å². The zero-order chi connectivity index (χ0) is 30.8. The Kier molecular flexibility index (Phi) is 10.4. The first-order chi connectivity index (χ1) is 20.7. The van der Waals surface area contributed by atoms with Crippen LogP contribution in [0.1, 0.15) is 56.2 Å². The maximum atomic E-state index is 13.6. The number of nitrogens with one attached hydrogen (secondary N) is 2. The second-order valence-electron chi connectivity index (χ2n) is 9.37. The van der Waals surface area contributed by atoms with Gasteiger partial charge in [-0.25, -0.2) is 4.98 Å². The van der Waals surface area contributed by atoms with Crippen molar-refractivity contribution < 1.29 is 23.9 Å². The van der Waals surface area contributed by atoms with Crippen LogP contribution in [0.15, 0.2) is 83.9 Å². The normalized spacial score (nSPS) is 11.2. The summed E-state index contributed by atoms with van der Waals surface area (Å²) in [6.07, 6.45) is -0.0554. The molecule has 0 radical (unpaired) electrons. The van der Waals surface area contributed by atoms with Crippen LogP contribution in [0.2, 0.25) is 0 Å². The highest BCUT2D eigenvalue weighted by Gasteiger charge is 2.22. The molecule has 1 heterocycles. The first kappa shape index (κ1) is 30.7. The van der Waals surface area contributed by atoms with E-state index < -0.39 is 23.8 Å². The summed E-state index contributed by atoms with van der Waals surface area (Å²) in [4.78, 5) is 47.6. The van der Waals surface area contributed by atoms with Gasteiger partial charge < -0.3 is 31.6 Å². The van der Waals surface area contributed by atoms with E-state index in [1.165, 1.54) is 6.07 Å². The molecule has 1 atom stereocenters. The average Bonchev–Trinajstić information content (AvgIpc) is 3.35. The number of anilines is 1. The molecule has 1 aromatic heterocycles. The molecule has 0 saturated carbocycles. The Morgan fingerprint density at radius 1 is 0.977 bits per heavy atom. The Morgan fingerprint density at radius 3 is 2.35 bits per heavy atom. The molecule has 0 spiro atoms. The number of aliphatic imine (C=N–C) groups is 1. The van der Waals surface area contributed by atoms with Gasteiger partial charge in [0.25, 0.3) is 11.8 Å². The second kappa shape index (κ2) is 14.6. The van der Waals surface area contributed by atoms with Gasteiger partial charge in [0.1, 0.15) is 17.2 Å². The van der Waals surface area contributed by atoms with E-state index in [0.717, 1.165) is 22.5 Å². The zero-order valence-corrected chi connectivity index (χ0v) is 24.5. The number of ether oxygens (including phenoxy) is 2. The van der Waals surface area contributed by atoms with Crippen molar-refractivity contribution in [2.75, 3.05) is 11.9 Å². The van der Waals surface area contributed by atoms with Gasteiger partial charge in [-0.3, -0.25) is 14.4 Å². The second-order valence-corrected chi connectivity index (χ2v) is 10.3. The van der Waals surface area contributed by atoms with Crippen molar-refractivity contribution >= 4 is 45.9 Å². The highest BCUT2D eigenvalue weighted by molar-refractivity contribution is 7.17. The molecule has 4 rings (SSSR count). The maximum Gasteiger partial charge on any atom is 0.308 e. The third-order valence-corrected chi connectivity index (χ3v) is 7.12. The number of hydrogen-bond donors (Lipinski definition) is 4. The lowest BCUT2D eigenvalue weighted by Crippen LogP contribution is -2.30. The first-order valence-electron chi connectivity index (χ1n) is 13.4. The largest absolute Gasteiger partial charge is 0.489 e. The SMILES string of the molecule is CCOC(=O)CC(NC(=O)c1cc(NC(=O)c2sc(N=C(N)N)nc2C)cc(OCc2ccccc2)c1)c1ccccc1. The lowest BCUT2D eigenvalue weighted by atomic mass is 10.0.